The Morgan fingerprint density at radius 3 is 2.71 bits per heavy atom. The van der Waals surface area contributed by atoms with E-state index in [2.05, 4.69) is 11.1 Å². The molecule has 0 spiro atoms. The maximum atomic E-state index is 11.8. The first kappa shape index (κ1) is 11.9. The molecule has 0 atom stereocenters. The summed E-state index contributed by atoms with van der Waals surface area (Å²) >= 11 is 0. The van der Waals surface area contributed by atoms with Crippen LogP contribution >= 0.6 is 0 Å². The van der Waals surface area contributed by atoms with Crippen molar-refractivity contribution in [3.05, 3.63) is 17.8 Å². The van der Waals surface area contributed by atoms with Crippen molar-refractivity contribution in [1.29, 1.82) is 5.26 Å². The van der Waals surface area contributed by atoms with E-state index in [1.807, 2.05) is 0 Å². The summed E-state index contributed by atoms with van der Waals surface area (Å²) < 4.78 is 23.6. The number of hydrogen-bond donors (Lipinski definition) is 1. The average Bonchev–Trinajstić information content (AvgIpc) is 3.10. The quantitative estimate of drug-likeness (QED) is 0.864. The van der Waals surface area contributed by atoms with Gasteiger partial charge in [0.2, 0.25) is 0 Å². The number of nitrogens with two attached hydrogens (primary N) is 1. The molecule has 2 rings (SSSR count). The second-order valence-electron chi connectivity index (χ2n) is 4.20. The molecule has 1 aliphatic rings. The summed E-state index contributed by atoms with van der Waals surface area (Å²) in [7, 11) is -3.39. The van der Waals surface area contributed by atoms with Crippen LogP contribution in [0.4, 0.5) is 5.82 Å². The van der Waals surface area contributed by atoms with Gasteiger partial charge < -0.3 is 5.73 Å². The van der Waals surface area contributed by atoms with Crippen LogP contribution in [0.5, 0.6) is 0 Å². The predicted octanol–water partition coefficient (Wildman–Crippen LogP) is 1.01. The predicted molar refractivity (Wildman–Crippen MR) is 62.9 cm³/mol. The van der Waals surface area contributed by atoms with Crippen LogP contribution < -0.4 is 5.73 Å². The Balaban J connectivity index is 2.56. The molecular formula is C11H13N3O2S. The monoisotopic (exact) mass is 251 g/mol. The van der Waals surface area contributed by atoms with Gasteiger partial charge in [-0.2, -0.15) is 5.26 Å². The third kappa shape index (κ3) is 1.87. The van der Waals surface area contributed by atoms with E-state index in [0.717, 1.165) is 12.8 Å². The molecule has 6 heteroatoms. The molecule has 1 aliphatic carbocycles. The fraction of sp³-hybridized carbons (Fsp3) is 0.455. The molecule has 0 unspecified atom stereocenters. The summed E-state index contributed by atoms with van der Waals surface area (Å²) in [5.41, 5.74) is 5.69. The van der Waals surface area contributed by atoms with E-state index in [1.165, 1.54) is 12.3 Å². The topological polar surface area (TPSA) is 96.8 Å². The Hall–Kier alpha value is -1.61. The number of nitrogen functional groups attached to an aromatic ring is 1. The Labute approximate surface area is 100 Å². The van der Waals surface area contributed by atoms with Crippen molar-refractivity contribution in [3.8, 4) is 6.07 Å². The molecule has 0 aromatic carbocycles. The van der Waals surface area contributed by atoms with Crippen LogP contribution in [0.2, 0.25) is 0 Å². The SMILES string of the molecule is CCS(=O)(=O)c1cc(C2(C#N)CC2)cnc1N. The fourth-order valence-corrected chi connectivity index (χ4v) is 2.70. The molecule has 0 saturated heterocycles. The van der Waals surface area contributed by atoms with Gasteiger partial charge >= 0.3 is 0 Å². The van der Waals surface area contributed by atoms with E-state index in [1.54, 1.807) is 6.92 Å². The summed E-state index contributed by atoms with van der Waals surface area (Å²) in [5.74, 6) is -0.0219. The highest BCUT2D eigenvalue weighted by atomic mass is 32.2. The first-order valence-electron chi connectivity index (χ1n) is 5.35. The van der Waals surface area contributed by atoms with Crippen molar-refractivity contribution in [3.63, 3.8) is 0 Å². The molecule has 1 aromatic heterocycles. The van der Waals surface area contributed by atoms with Crippen LogP contribution in [-0.2, 0) is 15.3 Å². The lowest BCUT2D eigenvalue weighted by molar-refractivity contribution is 0.597. The molecule has 1 heterocycles. The van der Waals surface area contributed by atoms with Gasteiger partial charge in [-0.3, -0.25) is 0 Å². The molecule has 1 fully saturated rings. The van der Waals surface area contributed by atoms with Crippen LogP contribution in [0.15, 0.2) is 17.2 Å². The molecule has 90 valence electrons. The van der Waals surface area contributed by atoms with Gasteiger partial charge in [-0.25, -0.2) is 13.4 Å². The minimum absolute atomic E-state index is 0.00402. The Morgan fingerprint density at radius 2 is 2.24 bits per heavy atom. The number of nitriles is 1. The first-order chi connectivity index (χ1) is 7.95. The van der Waals surface area contributed by atoms with Gasteiger partial charge in [0.15, 0.2) is 9.84 Å². The van der Waals surface area contributed by atoms with Gasteiger partial charge in [0.25, 0.3) is 0 Å². The van der Waals surface area contributed by atoms with E-state index in [0.29, 0.717) is 5.56 Å². The van der Waals surface area contributed by atoms with Gasteiger partial charge in [0, 0.05) is 6.20 Å². The largest absolute Gasteiger partial charge is 0.383 e. The smallest absolute Gasteiger partial charge is 0.181 e. The lowest BCUT2D eigenvalue weighted by atomic mass is 10.00. The van der Waals surface area contributed by atoms with E-state index < -0.39 is 15.3 Å². The lowest BCUT2D eigenvalue weighted by Gasteiger charge is -2.10. The van der Waals surface area contributed by atoms with Crippen LogP contribution in [-0.4, -0.2) is 19.2 Å². The minimum atomic E-state index is -3.39. The molecule has 2 N–H and O–H groups in total. The third-order valence-corrected chi connectivity index (χ3v) is 4.87. The maximum absolute atomic E-state index is 11.8. The van der Waals surface area contributed by atoms with Crippen molar-refractivity contribution in [2.75, 3.05) is 11.5 Å². The maximum Gasteiger partial charge on any atom is 0.181 e. The number of pyridine rings is 1. The second-order valence-corrected chi connectivity index (χ2v) is 6.45. The van der Waals surface area contributed by atoms with Gasteiger partial charge in [-0.1, -0.05) is 6.92 Å². The van der Waals surface area contributed by atoms with Crippen molar-refractivity contribution in [2.45, 2.75) is 30.1 Å². The summed E-state index contributed by atoms with van der Waals surface area (Å²) in [4.78, 5) is 3.94. The van der Waals surface area contributed by atoms with Crippen molar-refractivity contribution in [2.24, 2.45) is 0 Å². The summed E-state index contributed by atoms with van der Waals surface area (Å²) in [6.45, 7) is 1.55. The zero-order chi connectivity index (χ0) is 12.7. The highest BCUT2D eigenvalue weighted by Crippen LogP contribution is 2.47. The fourth-order valence-electron chi connectivity index (χ4n) is 1.71. The normalized spacial score (nSPS) is 17.4. The van der Waals surface area contributed by atoms with Crippen LogP contribution in [0.3, 0.4) is 0 Å². The highest BCUT2D eigenvalue weighted by Gasteiger charge is 2.45. The van der Waals surface area contributed by atoms with Crippen LogP contribution in [0.1, 0.15) is 25.3 Å². The number of anilines is 1. The molecule has 1 aromatic rings. The van der Waals surface area contributed by atoms with Crippen molar-refractivity contribution < 1.29 is 8.42 Å². The Bertz CT molecular complexity index is 598. The van der Waals surface area contributed by atoms with Crippen LogP contribution in [0, 0.1) is 11.3 Å². The zero-order valence-electron chi connectivity index (χ0n) is 9.47. The van der Waals surface area contributed by atoms with E-state index in [9.17, 15) is 8.42 Å². The van der Waals surface area contributed by atoms with E-state index in [4.69, 9.17) is 11.0 Å². The number of aromatic nitrogens is 1. The Morgan fingerprint density at radius 1 is 1.59 bits per heavy atom. The molecular weight excluding hydrogens is 238 g/mol. The molecule has 0 aliphatic heterocycles. The number of rotatable bonds is 3. The summed E-state index contributed by atoms with van der Waals surface area (Å²) in [6.07, 6.45) is 3.00. The molecule has 0 radical (unpaired) electrons. The summed E-state index contributed by atoms with van der Waals surface area (Å²) in [6, 6.07) is 3.71. The highest BCUT2D eigenvalue weighted by molar-refractivity contribution is 7.91. The number of sulfone groups is 1. The van der Waals surface area contributed by atoms with Crippen LogP contribution in [0.25, 0.3) is 0 Å². The third-order valence-electron chi connectivity index (χ3n) is 3.11. The summed E-state index contributed by atoms with van der Waals surface area (Å²) in [5, 5.41) is 9.07. The van der Waals surface area contributed by atoms with Gasteiger partial charge in [0.05, 0.1) is 17.2 Å². The second kappa shape index (κ2) is 3.70. The first-order valence-corrected chi connectivity index (χ1v) is 7.00. The molecule has 1 saturated carbocycles. The Kier molecular flexibility index (Phi) is 2.59. The van der Waals surface area contributed by atoms with E-state index in [-0.39, 0.29) is 16.5 Å². The van der Waals surface area contributed by atoms with Crippen molar-refractivity contribution in [1.82, 2.24) is 4.98 Å². The molecule has 0 bridgehead atoms. The van der Waals surface area contributed by atoms with Gasteiger partial charge in [-0.05, 0) is 24.5 Å². The number of hydrogen-bond acceptors (Lipinski definition) is 5. The minimum Gasteiger partial charge on any atom is -0.383 e. The van der Waals surface area contributed by atoms with Gasteiger partial charge in [0.1, 0.15) is 10.7 Å². The standard InChI is InChI=1S/C11H13N3O2S/c1-2-17(15,16)9-5-8(6-14-10(9)13)11(7-12)3-4-11/h5-6H,2-4H2,1H3,(H2,13,14). The zero-order valence-corrected chi connectivity index (χ0v) is 10.3. The lowest BCUT2D eigenvalue weighted by Crippen LogP contribution is -2.12. The van der Waals surface area contributed by atoms with Gasteiger partial charge in [-0.15, -0.1) is 0 Å². The average molecular weight is 251 g/mol. The molecule has 17 heavy (non-hydrogen) atoms. The van der Waals surface area contributed by atoms with E-state index >= 15 is 0 Å². The molecule has 0 amide bonds. The number of nitrogens with zero attached hydrogens (tertiary/aromatic N) is 2. The molecule has 5 nitrogen and oxygen atoms in total. The van der Waals surface area contributed by atoms with Crippen molar-refractivity contribution >= 4 is 15.7 Å².